The number of aromatic amines is 1. The van der Waals surface area contributed by atoms with Gasteiger partial charge in [-0.15, -0.1) is 0 Å². The van der Waals surface area contributed by atoms with Crippen LogP contribution in [0.4, 0.5) is 10.5 Å². The lowest BCUT2D eigenvalue weighted by Gasteiger charge is -2.29. The van der Waals surface area contributed by atoms with Crippen molar-refractivity contribution in [1.29, 1.82) is 0 Å². The van der Waals surface area contributed by atoms with E-state index in [4.69, 9.17) is 11.6 Å². The Morgan fingerprint density at radius 2 is 2.00 bits per heavy atom. The van der Waals surface area contributed by atoms with Gasteiger partial charge in [0.05, 0.1) is 12.2 Å². The van der Waals surface area contributed by atoms with Crippen molar-refractivity contribution >= 4 is 23.3 Å². The fraction of sp³-hybridized carbons (Fsp3) is 0.100. The van der Waals surface area contributed by atoms with Crippen LogP contribution in [0, 0.1) is 0 Å². The summed E-state index contributed by atoms with van der Waals surface area (Å²) in [5.74, 6) is 0. The summed E-state index contributed by atoms with van der Waals surface area (Å²) < 4.78 is 0. The minimum absolute atomic E-state index is 0.233. The minimum atomic E-state index is -0.233. The van der Waals surface area contributed by atoms with Crippen LogP contribution in [0.15, 0.2) is 66.9 Å². The second-order valence-corrected chi connectivity index (χ2v) is 6.60. The highest BCUT2D eigenvalue weighted by Crippen LogP contribution is 2.31. The van der Waals surface area contributed by atoms with Crippen molar-refractivity contribution in [3.8, 4) is 11.3 Å². The molecule has 2 heterocycles. The maximum Gasteiger partial charge on any atom is 0.326 e. The fourth-order valence-electron chi connectivity index (χ4n) is 3.09. The maximum absolute atomic E-state index is 12.7. The molecule has 4 rings (SSSR count). The van der Waals surface area contributed by atoms with Gasteiger partial charge in [-0.3, -0.25) is 10.00 Å². The predicted molar refractivity (Wildman–Crippen MR) is 103 cm³/mol. The van der Waals surface area contributed by atoms with Gasteiger partial charge in [0.25, 0.3) is 0 Å². The fourth-order valence-corrected chi connectivity index (χ4v) is 3.28. The zero-order chi connectivity index (χ0) is 18.1. The van der Waals surface area contributed by atoms with E-state index in [1.54, 1.807) is 29.2 Å². The van der Waals surface area contributed by atoms with Gasteiger partial charge in [0.1, 0.15) is 0 Å². The molecule has 0 fully saturated rings. The lowest BCUT2D eigenvalue weighted by atomic mass is 10.00. The Labute approximate surface area is 156 Å². The first-order chi connectivity index (χ1) is 12.6. The average Bonchev–Trinajstić information content (AvgIpc) is 3.04. The lowest BCUT2D eigenvalue weighted by molar-refractivity contribution is 0.220. The first kappa shape index (κ1) is 16.4. The number of allylic oxidation sites excluding steroid dienone is 1. The van der Waals surface area contributed by atoms with Gasteiger partial charge >= 0.3 is 6.03 Å². The van der Waals surface area contributed by atoms with Crippen molar-refractivity contribution in [2.24, 2.45) is 0 Å². The van der Waals surface area contributed by atoms with Gasteiger partial charge in [0, 0.05) is 39.6 Å². The molecule has 1 aromatic heterocycles. The van der Waals surface area contributed by atoms with Gasteiger partial charge < -0.3 is 5.32 Å². The quantitative estimate of drug-likeness (QED) is 0.683. The highest BCUT2D eigenvalue weighted by molar-refractivity contribution is 6.30. The van der Waals surface area contributed by atoms with Gasteiger partial charge in [-0.1, -0.05) is 54.6 Å². The molecule has 0 saturated carbocycles. The number of halogens is 1. The van der Waals surface area contributed by atoms with E-state index in [9.17, 15) is 4.79 Å². The van der Waals surface area contributed by atoms with Crippen molar-refractivity contribution in [2.45, 2.75) is 13.0 Å². The van der Waals surface area contributed by atoms with Gasteiger partial charge in [-0.25, -0.2) is 4.79 Å². The number of anilines is 1. The van der Waals surface area contributed by atoms with E-state index in [1.807, 2.05) is 30.3 Å². The summed E-state index contributed by atoms with van der Waals surface area (Å²) in [5.41, 5.74) is 5.28. The Morgan fingerprint density at radius 1 is 1.19 bits per heavy atom. The topological polar surface area (TPSA) is 61.0 Å². The summed E-state index contributed by atoms with van der Waals surface area (Å²) in [6, 6.07) is 16.8. The number of aromatic nitrogens is 2. The summed E-state index contributed by atoms with van der Waals surface area (Å²) in [4.78, 5) is 14.4. The number of hydrogen-bond donors (Lipinski definition) is 2. The van der Waals surface area contributed by atoms with Crippen LogP contribution in [-0.4, -0.2) is 21.1 Å². The number of H-pyrrole nitrogens is 1. The first-order valence-corrected chi connectivity index (χ1v) is 8.63. The Kier molecular flexibility index (Phi) is 4.22. The summed E-state index contributed by atoms with van der Waals surface area (Å²) in [6.07, 6.45) is 0.554. The average molecular weight is 365 g/mol. The molecule has 2 N–H and O–H groups in total. The molecule has 0 atom stereocenters. The van der Waals surface area contributed by atoms with Crippen LogP contribution in [0.5, 0.6) is 0 Å². The molecule has 3 aromatic rings. The molecular weight excluding hydrogens is 348 g/mol. The van der Waals surface area contributed by atoms with Gasteiger partial charge in [0.15, 0.2) is 0 Å². The normalized spacial score (nSPS) is 13.4. The molecule has 130 valence electrons. The molecular formula is C20H17ClN4O. The molecule has 1 aliphatic rings. The summed E-state index contributed by atoms with van der Waals surface area (Å²) in [6.45, 7) is 4.47. The molecule has 0 saturated heterocycles. The van der Waals surface area contributed by atoms with Crippen LogP contribution in [0.3, 0.4) is 0 Å². The zero-order valence-corrected chi connectivity index (χ0v) is 14.8. The molecule has 6 heteroatoms. The van der Waals surface area contributed by atoms with Crippen LogP contribution in [0.2, 0.25) is 5.02 Å². The third-order valence-corrected chi connectivity index (χ3v) is 4.63. The smallest absolute Gasteiger partial charge is 0.307 e. The minimum Gasteiger partial charge on any atom is -0.307 e. The number of amides is 2. The Bertz CT molecular complexity index is 980. The second kappa shape index (κ2) is 6.69. The molecule has 2 aromatic carbocycles. The number of nitrogens with one attached hydrogen (secondary N) is 2. The number of benzene rings is 2. The van der Waals surface area contributed by atoms with Gasteiger partial charge in [-0.05, 0) is 18.2 Å². The van der Waals surface area contributed by atoms with Gasteiger partial charge in [-0.2, -0.15) is 5.10 Å². The number of fused-ring (bicyclic) bond motifs is 1. The number of nitrogens with zero attached hydrogens (tertiary/aromatic N) is 2. The highest BCUT2D eigenvalue weighted by Gasteiger charge is 2.28. The molecule has 1 aliphatic heterocycles. The molecule has 26 heavy (non-hydrogen) atoms. The number of carbonyl (C=O) groups excluding carboxylic acids is 1. The SMILES string of the molecule is C=C1Cc2[nH]nc(-c3ccccc3)c2CN1C(=O)Nc1cccc(Cl)c1. The van der Waals surface area contributed by atoms with Gasteiger partial charge in [0.2, 0.25) is 0 Å². The predicted octanol–water partition coefficient (Wildman–Crippen LogP) is 4.83. The first-order valence-electron chi connectivity index (χ1n) is 8.25. The number of rotatable bonds is 2. The van der Waals surface area contributed by atoms with E-state index in [0.717, 1.165) is 28.2 Å². The van der Waals surface area contributed by atoms with Crippen LogP contribution in [-0.2, 0) is 13.0 Å². The third kappa shape index (κ3) is 3.09. The van der Waals surface area contributed by atoms with Crippen LogP contribution < -0.4 is 5.32 Å². The molecule has 0 spiro atoms. The molecule has 0 aliphatic carbocycles. The van der Waals surface area contributed by atoms with Crippen LogP contribution >= 0.6 is 11.6 Å². The largest absolute Gasteiger partial charge is 0.326 e. The van der Waals surface area contributed by atoms with Crippen molar-refractivity contribution in [1.82, 2.24) is 15.1 Å². The molecule has 0 unspecified atom stereocenters. The van der Waals surface area contributed by atoms with Crippen LogP contribution in [0.1, 0.15) is 11.3 Å². The summed E-state index contributed by atoms with van der Waals surface area (Å²) in [7, 11) is 0. The summed E-state index contributed by atoms with van der Waals surface area (Å²) >= 11 is 5.99. The van der Waals surface area contributed by atoms with Crippen LogP contribution in [0.25, 0.3) is 11.3 Å². The lowest BCUT2D eigenvalue weighted by Crippen LogP contribution is -2.37. The standard InChI is InChI=1S/C20H17ClN4O/c1-13-10-18-17(19(24-23-18)14-6-3-2-4-7-14)12-25(13)20(26)22-16-9-5-8-15(21)11-16/h2-9,11H,1,10,12H2,(H,22,26)(H,23,24). The summed E-state index contributed by atoms with van der Waals surface area (Å²) in [5, 5.41) is 11.0. The van der Waals surface area contributed by atoms with Crippen molar-refractivity contribution < 1.29 is 4.79 Å². The van der Waals surface area contributed by atoms with E-state index in [0.29, 0.717) is 23.7 Å². The Hall–Kier alpha value is -3.05. The highest BCUT2D eigenvalue weighted by atomic mass is 35.5. The van der Waals surface area contributed by atoms with Crippen molar-refractivity contribution in [3.05, 3.63) is 83.2 Å². The third-order valence-electron chi connectivity index (χ3n) is 4.40. The zero-order valence-electron chi connectivity index (χ0n) is 14.0. The van der Waals surface area contributed by atoms with E-state index in [1.165, 1.54) is 0 Å². The number of carbonyl (C=O) groups is 1. The van der Waals surface area contributed by atoms with Crippen molar-refractivity contribution in [3.63, 3.8) is 0 Å². The maximum atomic E-state index is 12.7. The number of hydrogen-bond acceptors (Lipinski definition) is 2. The number of urea groups is 1. The van der Waals surface area contributed by atoms with E-state index < -0.39 is 0 Å². The van der Waals surface area contributed by atoms with E-state index in [2.05, 4.69) is 22.1 Å². The molecule has 0 bridgehead atoms. The Balaban J connectivity index is 1.60. The molecule has 5 nitrogen and oxygen atoms in total. The monoisotopic (exact) mass is 364 g/mol. The Morgan fingerprint density at radius 3 is 2.77 bits per heavy atom. The van der Waals surface area contributed by atoms with Crippen molar-refractivity contribution in [2.75, 3.05) is 5.32 Å². The molecule has 0 radical (unpaired) electrons. The van der Waals surface area contributed by atoms with E-state index in [-0.39, 0.29) is 6.03 Å². The second-order valence-electron chi connectivity index (χ2n) is 6.16. The van der Waals surface area contributed by atoms with E-state index >= 15 is 0 Å². The molecule has 2 amide bonds.